The predicted molar refractivity (Wildman–Crippen MR) is 75.7 cm³/mol. The molecule has 0 aromatic rings. The molecule has 0 rings (SSSR count). The van der Waals surface area contributed by atoms with Gasteiger partial charge in [-0.25, -0.2) is 0 Å². The fourth-order valence-corrected chi connectivity index (χ4v) is 1.57. The van der Waals surface area contributed by atoms with Gasteiger partial charge < -0.3 is 15.4 Å². The fraction of sp³-hybridized carbons (Fsp3) is 0.929. The number of hydrogen-bond acceptors (Lipinski definition) is 3. The van der Waals surface area contributed by atoms with E-state index in [-0.39, 0.29) is 11.9 Å². The molecule has 1 amide bonds. The van der Waals surface area contributed by atoms with Crippen LogP contribution in [0.2, 0.25) is 0 Å². The second-order valence-corrected chi connectivity index (χ2v) is 4.64. The highest BCUT2D eigenvalue weighted by Crippen LogP contribution is 1.92. The third-order valence-electron chi connectivity index (χ3n) is 2.74. The first-order chi connectivity index (χ1) is 8.72. The molecule has 0 aromatic heterocycles. The molecular formula is C14H30N2O2. The highest BCUT2D eigenvalue weighted by molar-refractivity contribution is 5.81. The molecule has 0 saturated carbocycles. The summed E-state index contributed by atoms with van der Waals surface area (Å²) < 4.78 is 5.38. The Morgan fingerprint density at radius 1 is 1.06 bits per heavy atom. The van der Waals surface area contributed by atoms with E-state index in [1.165, 1.54) is 12.8 Å². The molecule has 0 fully saturated rings. The largest absolute Gasteiger partial charge is 0.381 e. The molecule has 2 N–H and O–H groups in total. The van der Waals surface area contributed by atoms with E-state index in [1.54, 1.807) is 0 Å². The van der Waals surface area contributed by atoms with Crippen LogP contribution in [0.1, 0.15) is 52.9 Å². The Balaban J connectivity index is 3.38. The van der Waals surface area contributed by atoms with Gasteiger partial charge in [0.2, 0.25) is 5.91 Å². The molecule has 0 aliphatic heterocycles. The molecule has 18 heavy (non-hydrogen) atoms. The number of hydrogen-bond donors (Lipinski definition) is 2. The summed E-state index contributed by atoms with van der Waals surface area (Å²) in [6.45, 7) is 9.38. The number of carbonyl (C=O) groups excluding carboxylic acids is 1. The minimum Gasteiger partial charge on any atom is -0.381 e. The van der Waals surface area contributed by atoms with Crippen molar-refractivity contribution in [3.8, 4) is 0 Å². The van der Waals surface area contributed by atoms with Crippen LogP contribution in [-0.2, 0) is 9.53 Å². The smallest absolute Gasteiger partial charge is 0.236 e. The molecule has 0 aliphatic carbocycles. The van der Waals surface area contributed by atoms with Gasteiger partial charge in [-0.2, -0.15) is 0 Å². The molecule has 0 bridgehead atoms. The van der Waals surface area contributed by atoms with Crippen molar-refractivity contribution in [2.45, 2.75) is 58.9 Å². The Morgan fingerprint density at radius 2 is 1.83 bits per heavy atom. The van der Waals surface area contributed by atoms with E-state index >= 15 is 0 Å². The molecule has 0 saturated heterocycles. The SMILES string of the molecule is CCCCCNC(=O)C(C)NCCCOCCC. The molecule has 4 nitrogen and oxygen atoms in total. The molecule has 0 spiro atoms. The van der Waals surface area contributed by atoms with Crippen LogP contribution in [0, 0.1) is 0 Å². The monoisotopic (exact) mass is 258 g/mol. The third kappa shape index (κ3) is 10.5. The predicted octanol–water partition coefficient (Wildman–Crippen LogP) is 2.09. The van der Waals surface area contributed by atoms with Crippen LogP contribution in [0.4, 0.5) is 0 Å². The average molecular weight is 258 g/mol. The van der Waals surface area contributed by atoms with Crippen molar-refractivity contribution in [2.75, 3.05) is 26.3 Å². The van der Waals surface area contributed by atoms with Crippen LogP contribution in [-0.4, -0.2) is 38.3 Å². The van der Waals surface area contributed by atoms with E-state index < -0.39 is 0 Å². The summed E-state index contributed by atoms with van der Waals surface area (Å²) in [5.41, 5.74) is 0. The minimum absolute atomic E-state index is 0.0978. The zero-order valence-electron chi connectivity index (χ0n) is 12.3. The van der Waals surface area contributed by atoms with Crippen molar-refractivity contribution in [2.24, 2.45) is 0 Å². The topological polar surface area (TPSA) is 50.4 Å². The summed E-state index contributed by atoms with van der Waals surface area (Å²) in [7, 11) is 0. The lowest BCUT2D eigenvalue weighted by Gasteiger charge is -2.14. The van der Waals surface area contributed by atoms with Gasteiger partial charge in [0.05, 0.1) is 6.04 Å². The van der Waals surface area contributed by atoms with Gasteiger partial charge in [0.15, 0.2) is 0 Å². The van der Waals surface area contributed by atoms with Crippen molar-refractivity contribution in [1.82, 2.24) is 10.6 Å². The first-order valence-electron chi connectivity index (χ1n) is 7.31. The number of amides is 1. The van der Waals surface area contributed by atoms with Crippen molar-refractivity contribution in [3.63, 3.8) is 0 Å². The summed E-state index contributed by atoms with van der Waals surface area (Å²) >= 11 is 0. The number of ether oxygens (including phenoxy) is 1. The highest BCUT2D eigenvalue weighted by Gasteiger charge is 2.10. The quantitative estimate of drug-likeness (QED) is 0.527. The van der Waals surface area contributed by atoms with Crippen LogP contribution >= 0.6 is 0 Å². The van der Waals surface area contributed by atoms with Gasteiger partial charge in [-0.05, 0) is 32.7 Å². The Kier molecular flexibility index (Phi) is 12.4. The van der Waals surface area contributed by atoms with Crippen LogP contribution < -0.4 is 10.6 Å². The normalized spacial score (nSPS) is 12.4. The molecule has 1 unspecified atom stereocenters. The second-order valence-electron chi connectivity index (χ2n) is 4.64. The minimum atomic E-state index is -0.113. The van der Waals surface area contributed by atoms with Gasteiger partial charge in [0, 0.05) is 19.8 Å². The van der Waals surface area contributed by atoms with Crippen molar-refractivity contribution in [1.29, 1.82) is 0 Å². The van der Waals surface area contributed by atoms with E-state index in [4.69, 9.17) is 4.74 Å². The lowest BCUT2D eigenvalue weighted by atomic mass is 10.2. The highest BCUT2D eigenvalue weighted by atomic mass is 16.5. The molecule has 0 radical (unpaired) electrons. The summed E-state index contributed by atoms with van der Waals surface area (Å²) in [5.74, 6) is 0.0978. The zero-order chi connectivity index (χ0) is 13.6. The maximum absolute atomic E-state index is 11.7. The lowest BCUT2D eigenvalue weighted by Crippen LogP contribution is -2.42. The standard InChI is InChI=1S/C14H30N2O2/c1-4-6-7-9-16-14(17)13(3)15-10-8-12-18-11-5-2/h13,15H,4-12H2,1-3H3,(H,16,17). The van der Waals surface area contributed by atoms with Crippen LogP contribution in [0.15, 0.2) is 0 Å². The molecular weight excluding hydrogens is 228 g/mol. The summed E-state index contributed by atoms with van der Waals surface area (Å²) in [6.07, 6.45) is 5.44. The maximum atomic E-state index is 11.7. The van der Waals surface area contributed by atoms with Gasteiger partial charge in [-0.1, -0.05) is 26.7 Å². The summed E-state index contributed by atoms with van der Waals surface area (Å²) in [6, 6.07) is -0.113. The number of rotatable bonds is 12. The van der Waals surface area contributed by atoms with Gasteiger partial charge in [-0.3, -0.25) is 4.79 Å². The summed E-state index contributed by atoms with van der Waals surface area (Å²) in [5, 5.41) is 6.15. The zero-order valence-corrected chi connectivity index (χ0v) is 12.3. The maximum Gasteiger partial charge on any atom is 0.236 e. The molecule has 0 aromatic carbocycles. The molecule has 0 heterocycles. The fourth-order valence-electron chi connectivity index (χ4n) is 1.57. The summed E-state index contributed by atoms with van der Waals surface area (Å²) in [4.78, 5) is 11.7. The first-order valence-corrected chi connectivity index (χ1v) is 7.31. The first kappa shape index (κ1) is 17.4. The molecule has 4 heteroatoms. The lowest BCUT2D eigenvalue weighted by molar-refractivity contribution is -0.122. The van der Waals surface area contributed by atoms with Crippen molar-refractivity contribution >= 4 is 5.91 Å². The Bertz CT molecular complexity index is 198. The number of unbranched alkanes of at least 4 members (excludes halogenated alkanes) is 2. The number of nitrogens with one attached hydrogen (secondary N) is 2. The van der Waals surface area contributed by atoms with Crippen molar-refractivity contribution in [3.05, 3.63) is 0 Å². The molecule has 1 atom stereocenters. The third-order valence-corrected chi connectivity index (χ3v) is 2.74. The Morgan fingerprint density at radius 3 is 2.50 bits per heavy atom. The van der Waals surface area contributed by atoms with E-state index in [0.29, 0.717) is 0 Å². The van der Waals surface area contributed by atoms with Crippen LogP contribution in [0.5, 0.6) is 0 Å². The number of carbonyl (C=O) groups is 1. The van der Waals surface area contributed by atoms with Gasteiger partial charge in [-0.15, -0.1) is 0 Å². The van der Waals surface area contributed by atoms with E-state index in [9.17, 15) is 4.79 Å². The Labute approximate surface area is 112 Å². The molecule has 0 aliphatic rings. The van der Waals surface area contributed by atoms with Crippen LogP contribution in [0.25, 0.3) is 0 Å². The van der Waals surface area contributed by atoms with E-state index in [1.807, 2.05) is 6.92 Å². The molecule has 108 valence electrons. The Hall–Kier alpha value is -0.610. The van der Waals surface area contributed by atoms with E-state index in [0.717, 1.165) is 45.6 Å². The second kappa shape index (κ2) is 12.8. The van der Waals surface area contributed by atoms with E-state index in [2.05, 4.69) is 24.5 Å². The van der Waals surface area contributed by atoms with Gasteiger partial charge >= 0.3 is 0 Å². The van der Waals surface area contributed by atoms with Crippen LogP contribution in [0.3, 0.4) is 0 Å². The van der Waals surface area contributed by atoms with Gasteiger partial charge in [0.25, 0.3) is 0 Å². The van der Waals surface area contributed by atoms with Gasteiger partial charge in [0.1, 0.15) is 0 Å². The average Bonchev–Trinajstić information content (AvgIpc) is 2.38. The van der Waals surface area contributed by atoms with Crippen molar-refractivity contribution < 1.29 is 9.53 Å².